The van der Waals surface area contributed by atoms with Crippen molar-refractivity contribution in [3.63, 3.8) is 0 Å². The molecule has 5 heteroatoms. The SMILES string of the molecule is Cl.O=C(O)[C@@H]1CC(CO)CN1. The van der Waals surface area contributed by atoms with Gasteiger partial charge < -0.3 is 15.5 Å². The van der Waals surface area contributed by atoms with Crippen LogP contribution in [-0.4, -0.2) is 35.4 Å². The van der Waals surface area contributed by atoms with E-state index < -0.39 is 12.0 Å². The highest BCUT2D eigenvalue weighted by Crippen LogP contribution is 2.12. The van der Waals surface area contributed by atoms with E-state index in [4.69, 9.17) is 10.2 Å². The van der Waals surface area contributed by atoms with Gasteiger partial charge in [0.25, 0.3) is 0 Å². The van der Waals surface area contributed by atoms with Gasteiger partial charge in [0.15, 0.2) is 0 Å². The van der Waals surface area contributed by atoms with Crippen LogP contribution in [0.4, 0.5) is 0 Å². The minimum atomic E-state index is -0.823. The summed E-state index contributed by atoms with van der Waals surface area (Å²) in [6.45, 7) is 0.699. The topological polar surface area (TPSA) is 69.6 Å². The Labute approximate surface area is 71.0 Å². The minimum absolute atomic E-state index is 0. The highest BCUT2D eigenvalue weighted by atomic mass is 35.5. The zero-order valence-corrected chi connectivity index (χ0v) is 6.80. The first-order valence-corrected chi connectivity index (χ1v) is 3.31. The molecule has 1 unspecified atom stereocenters. The summed E-state index contributed by atoms with van der Waals surface area (Å²) in [4.78, 5) is 10.3. The normalized spacial score (nSPS) is 29.5. The van der Waals surface area contributed by atoms with Crippen molar-refractivity contribution in [2.45, 2.75) is 12.5 Å². The van der Waals surface area contributed by atoms with Crippen molar-refractivity contribution >= 4 is 18.4 Å². The number of carbonyl (C=O) groups is 1. The molecule has 0 spiro atoms. The summed E-state index contributed by atoms with van der Waals surface area (Å²) in [7, 11) is 0. The molecule has 2 atom stereocenters. The van der Waals surface area contributed by atoms with Crippen LogP contribution in [0, 0.1) is 5.92 Å². The van der Waals surface area contributed by atoms with Crippen molar-refractivity contribution in [1.29, 1.82) is 0 Å². The van der Waals surface area contributed by atoms with Crippen molar-refractivity contribution in [3.05, 3.63) is 0 Å². The van der Waals surface area contributed by atoms with E-state index in [0.717, 1.165) is 0 Å². The second kappa shape index (κ2) is 4.54. The molecule has 66 valence electrons. The van der Waals surface area contributed by atoms with Crippen LogP contribution in [0.5, 0.6) is 0 Å². The number of carboxylic acids is 1. The first-order chi connectivity index (χ1) is 4.74. The van der Waals surface area contributed by atoms with Gasteiger partial charge in [-0.2, -0.15) is 0 Å². The second-order valence-electron chi connectivity index (χ2n) is 2.58. The summed E-state index contributed by atoms with van der Waals surface area (Å²) in [6, 6.07) is -0.447. The van der Waals surface area contributed by atoms with Gasteiger partial charge in [0, 0.05) is 13.2 Å². The Morgan fingerprint density at radius 1 is 1.64 bits per heavy atom. The molecule has 11 heavy (non-hydrogen) atoms. The molecule has 0 aromatic rings. The number of hydrogen-bond donors (Lipinski definition) is 3. The van der Waals surface area contributed by atoms with E-state index in [-0.39, 0.29) is 24.9 Å². The van der Waals surface area contributed by atoms with Crippen molar-refractivity contribution in [1.82, 2.24) is 5.32 Å². The molecule has 0 bridgehead atoms. The van der Waals surface area contributed by atoms with Crippen molar-refractivity contribution < 1.29 is 15.0 Å². The Balaban J connectivity index is 0.000001000. The number of halogens is 1. The van der Waals surface area contributed by atoms with Gasteiger partial charge in [-0.15, -0.1) is 12.4 Å². The monoisotopic (exact) mass is 181 g/mol. The molecule has 0 saturated carbocycles. The number of hydrogen-bond acceptors (Lipinski definition) is 3. The van der Waals surface area contributed by atoms with Crippen molar-refractivity contribution in [2.75, 3.05) is 13.2 Å². The van der Waals surface area contributed by atoms with Crippen LogP contribution in [0.3, 0.4) is 0 Å². The molecule has 1 aliphatic rings. The molecule has 1 rings (SSSR count). The van der Waals surface area contributed by atoms with E-state index in [9.17, 15) is 4.79 Å². The molecule has 1 heterocycles. The van der Waals surface area contributed by atoms with Gasteiger partial charge in [0.2, 0.25) is 0 Å². The molecule has 1 aliphatic heterocycles. The van der Waals surface area contributed by atoms with E-state index in [1.807, 2.05) is 0 Å². The van der Waals surface area contributed by atoms with Crippen molar-refractivity contribution in [2.24, 2.45) is 5.92 Å². The molecule has 0 radical (unpaired) electrons. The first kappa shape index (κ1) is 10.7. The third-order valence-corrected chi connectivity index (χ3v) is 1.78. The van der Waals surface area contributed by atoms with Gasteiger partial charge >= 0.3 is 5.97 Å². The molecule has 0 aromatic carbocycles. The average Bonchev–Trinajstić information content (AvgIpc) is 2.34. The Morgan fingerprint density at radius 3 is 2.55 bits per heavy atom. The van der Waals surface area contributed by atoms with E-state index in [1.165, 1.54) is 0 Å². The van der Waals surface area contributed by atoms with Crippen LogP contribution < -0.4 is 5.32 Å². The maximum Gasteiger partial charge on any atom is 0.320 e. The van der Waals surface area contributed by atoms with Crippen LogP contribution in [0.1, 0.15) is 6.42 Å². The molecule has 0 aliphatic carbocycles. The number of aliphatic hydroxyl groups is 1. The predicted molar refractivity (Wildman–Crippen MR) is 41.9 cm³/mol. The van der Waals surface area contributed by atoms with Crippen LogP contribution in [0.15, 0.2) is 0 Å². The van der Waals surface area contributed by atoms with Crippen molar-refractivity contribution in [3.8, 4) is 0 Å². The van der Waals surface area contributed by atoms with E-state index in [0.29, 0.717) is 13.0 Å². The summed E-state index contributed by atoms with van der Waals surface area (Å²) in [5.41, 5.74) is 0. The summed E-state index contributed by atoms with van der Waals surface area (Å²) in [5, 5.41) is 19.9. The smallest absolute Gasteiger partial charge is 0.320 e. The molecule has 1 fully saturated rings. The minimum Gasteiger partial charge on any atom is -0.480 e. The third-order valence-electron chi connectivity index (χ3n) is 1.78. The van der Waals surface area contributed by atoms with E-state index in [2.05, 4.69) is 5.32 Å². The molecule has 4 nitrogen and oxygen atoms in total. The van der Waals surface area contributed by atoms with Crippen LogP contribution in [0.25, 0.3) is 0 Å². The van der Waals surface area contributed by atoms with Gasteiger partial charge in [-0.1, -0.05) is 0 Å². The van der Waals surface area contributed by atoms with E-state index >= 15 is 0 Å². The molecule has 0 amide bonds. The Bertz CT molecular complexity index is 142. The zero-order chi connectivity index (χ0) is 7.56. The maximum absolute atomic E-state index is 10.3. The third kappa shape index (κ3) is 2.65. The number of aliphatic hydroxyl groups excluding tert-OH is 1. The summed E-state index contributed by atoms with van der Waals surface area (Å²) >= 11 is 0. The van der Waals surface area contributed by atoms with Gasteiger partial charge in [-0.25, -0.2) is 0 Å². The number of carboxylic acid groups (broad SMARTS) is 1. The van der Waals surface area contributed by atoms with Crippen LogP contribution in [0.2, 0.25) is 0 Å². The first-order valence-electron chi connectivity index (χ1n) is 3.31. The summed E-state index contributed by atoms with van der Waals surface area (Å²) < 4.78 is 0. The highest BCUT2D eigenvalue weighted by Gasteiger charge is 2.28. The molecular formula is C6H12ClNO3. The molecular weight excluding hydrogens is 170 g/mol. The second-order valence-corrected chi connectivity index (χ2v) is 2.58. The number of rotatable bonds is 2. The zero-order valence-electron chi connectivity index (χ0n) is 5.99. The lowest BCUT2D eigenvalue weighted by Gasteiger charge is -2.01. The summed E-state index contributed by atoms with van der Waals surface area (Å²) in [6.07, 6.45) is 0.547. The lowest BCUT2D eigenvalue weighted by Crippen LogP contribution is -2.29. The van der Waals surface area contributed by atoms with Gasteiger partial charge in [-0.3, -0.25) is 4.79 Å². The lowest BCUT2D eigenvalue weighted by molar-refractivity contribution is -0.139. The Hall–Kier alpha value is -0.320. The number of nitrogens with one attached hydrogen (secondary N) is 1. The fourth-order valence-corrected chi connectivity index (χ4v) is 1.14. The Kier molecular flexibility index (Phi) is 4.40. The maximum atomic E-state index is 10.3. The van der Waals surface area contributed by atoms with Crippen LogP contribution >= 0.6 is 12.4 Å². The van der Waals surface area contributed by atoms with E-state index in [1.54, 1.807) is 0 Å². The fourth-order valence-electron chi connectivity index (χ4n) is 1.14. The largest absolute Gasteiger partial charge is 0.480 e. The van der Waals surface area contributed by atoms with Crippen LogP contribution in [-0.2, 0) is 4.79 Å². The molecule has 0 aromatic heterocycles. The predicted octanol–water partition coefficient (Wildman–Crippen LogP) is -0.537. The lowest BCUT2D eigenvalue weighted by atomic mass is 10.1. The highest BCUT2D eigenvalue weighted by molar-refractivity contribution is 5.85. The average molecular weight is 182 g/mol. The quantitative estimate of drug-likeness (QED) is 0.536. The van der Waals surface area contributed by atoms with Gasteiger partial charge in [0.1, 0.15) is 6.04 Å². The Morgan fingerprint density at radius 2 is 2.27 bits per heavy atom. The van der Waals surface area contributed by atoms with Gasteiger partial charge in [0.05, 0.1) is 0 Å². The number of aliphatic carboxylic acids is 1. The molecule has 1 saturated heterocycles. The summed E-state index contributed by atoms with van der Waals surface area (Å²) in [5.74, 6) is -0.697. The van der Waals surface area contributed by atoms with Gasteiger partial charge in [-0.05, 0) is 12.3 Å². The molecule has 3 N–H and O–H groups in total. The standard InChI is InChI=1S/C6H11NO3.ClH/c8-3-4-1-5(6(9)10)7-2-4;/h4-5,7-8H,1-3H2,(H,9,10);1H/t4?,5-;/m0./s1. The fraction of sp³-hybridized carbons (Fsp3) is 0.833.